The van der Waals surface area contributed by atoms with Gasteiger partial charge in [-0.1, -0.05) is 23.4 Å². The van der Waals surface area contributed by atoms with Crippen molar-refractivity contribution in [2.75, 3.05) is 13.1 Å². The van der Waals surface area contributed by atoms with Gasteiger partial charge >= 0.3 is 5.97 Å². The highest BCUT2D eigenvalue weighted by molar-refractivity contribution is 6.01. The zero-order valence-corrected chi connectivity index (χ0v) is 18.3. The Morgan fingerprint density at radius 3 is 2.72 bits per heavy atom. The molecule has 0 radical (unpaired) electrons. The van der Waals surface area contributed by atoms with Crippen molar-refractivity contribution in [3.8, 4) is 0 Å². The first-order valence-corrected chi connectivity index (χ1v) is 11.0. The molecule has 32 heavy (non-hydrogen) atoms. The Bertz CT molecular complexity index is 1010. The summed E-state index contributed by atoms with van der Waals surface area (Å²) in [6.07, 6.45) is 5.51. The summed E-state index contributed by atoms with van der Waals surface area (Å²) in [7, 11) is 0. The van der Waals surface area contributed by atoms with Gasteiger partial charge in [0, 0.05) is 30.6 Å². The number of hydrogen-bond donors (Lipinski definition) is 1. The van der Waals surface area contributed by atoms with Crippen LogP contribution in [-0.2, 0) is 22.7 Å². The molecule has 0 amide bonds. The molecular formula is C24H29FN4O3. The van der Waals surface area contributed by atoms with Gasteiger partial charge in [0.25, 0.3) is 0 Å². The quantitative estimate of drug-likeness (QED) is 0.632. The average Bonchev–Trinajstić information content (AvgIpc) is 3.38. The maximum Gasteiger partial charge on any atom is 0.309 e. The van der Waals surface area contributed by atoms with Gasteiger partial charge in [0.15, 0.2) is 0 Å². The van der Waals surface area contributed by atoms with Crippen molar-refractivity contribution >= 4 is 11.7 Å². The number of carbonyl (C=O) groups is 1. The molecule has 170 valence electrons. The fourth-order valence-electron chi connectivity index (χ4n) is 4.62. The molecule has 3 heterocycles. The van der Waals surface area contributed by atoms with Gasteiger partial charge in [-0.3, -0.25) is 14.4 Å². The highest BCUT2D eigenvalue weighted by atomic mass is 19.1. The summed E-state index contributed by atoms with van der Waals surface area (Å²) in [5.41, 5.74) is 2.99. The highest BCUT2D eigenvalue weighted by Gasteiger charge is 2.45. The van der Waals surface area contributed by atoms with Crippen LogP contribution in [0.25, 0.3) is 0 Å². The van der Waals surface area contributed by atoms with Gasteiger partial charge in [0.1, 0.15) is 11.9 Å². The number of halogens is 1. The van der Waals surface area contributed by atoms with Gasteiger partial charge in [-0.2, -0.15) is 5.10 Å². The normalized spacial score (nSPS) is 20.6. The number of benzene rings is 1. The summed E-state index contributed by atoms with van der Waals surface area (Å²) in [4.78, 5) is 20.2. The van der Waals surface area contributed by atoms with Crippen molar-refractivity contribution in [1.29, 1.82) is 0 Å². The van der Waals surface area contributed by atoms with Gasteiger partial charge in [-0.25, -0.2) is 4.39 Å². The van der Waals surface area contributed by atoms with E-state index in [1.54, 1.807) is 12.1 Å². The smallest absolute Gasteiger partial charge is 0.309 e. The topological polar surface area (TPSA) is 80.0 Å². The third-order valence-electron chi connectivity index (χ3n) is 6.70. The molecule has 1 fully saturated rings. The number of aliphatic carboxylic acids is 1. The van der Waals surface area contributed by atoms with E-state index in [4.69, 9.17) is 4.84 Å². The number of likely N-dealkylation sites (tertiary alicyclic amines) is 1. The first-order chi connectivity index (χ1) is 15.4. The second kappa shape index (κ2) is 9.24. The molecule has 1 aromatic heterocycles. The van der Waals surface area contributed by atoms with Crippen LogP contribution < -0.4 is 0 Å². The lowest BCUT2D eigenvalue weighted by atomic mass is 9.73. The number of oxime groups is 1. The van der Waals surface area contributed by atoms with E-state index in [0.717, 1.165) is 29.1 Å². The third-order valence-corrected chi connectivity index (χ3v) is 6.70. The van der Waals surface area contributed by atoms with E-state index in [-0.39, 0.29) is 11.9 Å². The molecule has 1 atom stereocenters. The van der Waals surface area contributed by atoms with Crippen LogP contribution in [0.1, 0.15) is 42.5 Å². The number of rotatable bonds is 8. The van der Waals surface area contributed by atoms with Crippen molar-refractivity contribution in [2.24, 2.45) is 10.6 Å². The van der Waals surface area contributed by atoms with Crippen molar-refractivity contribution in [2.45, 2.75) is 51.8 Å². The number of nitrogens with zero attached hydrogens (tertiary/aromatic N) is 4. The molecule has 1 N–H and O–H groups in total. The van der Waals surface area contributed by atoms with Crippen molar-refractivity contribution < 1.29 is 19.1 Å². The summed E-state index contributed by atoms with van der Waals surface area (Å²) >= 11 is 0. The lowest BCUT2D eigenvalue weighted by Gasteiger charge is -2.39. The summed E-state index contributed by atoms with van der Waals surface area (Å²) in [5.74, 6) is -1.07. The minimum absolute atomic E-state index is 0.280. The lowest BCUT2D eigenvalue weighted by molar-refractivity contribution is -0.155. The molecule has 0 spiro atoms. The SMILES string of the molecule is C=CCn1ncc(CN2CCC(C[C@@H]3CC(c4ccc(F)cc4)=NO3)(C(=O)O)CC2)c1C. The monoisotopic (exact) mass is 440 g/mol. The predicted octanol–water partition coefficient (Wildman–Crippen LogP) is 3.77. The van der Waals surface area contributed by atoms with Crippen molar-refractivity contribution in [3.05, 3.63) is 65.8 Å². The Balaban J connectivity index is 1.35. The molecule has 0 saturated carbocycles. The van der Waals surface area contributed by atoms with Crippen molar-refractivity contribution in [3.63, 3.8) is 0 Å². The van der Waals surface area contributed by atoms with Crippen molar-refractivity contribution in [1.82, 2.24) is 14.7 Å². The second-order valence-electron chi connectivity index (χ2n) is 8.77. The largest absolute Gasteiger partial charge is 0.481 e. The number of allylic oxidation sites excluding steroid dienone is 1. The molecule has 0 bridgehead atoms. The number of carboxylic acids is 1. The molecule has 2 aliphatic heterocycles. The first kappa shape index (κ1) is 22.2. The third kappa shape index (κ3) is 4.60. The molecular weight excluding hydrogens is 411 g/mol. The molecule has 2 aliphatic rings. The zero-order valence-electron chi connectivity index (χ0n) is 18.3. The van der Waals surface area contributed by atoms with E-state index in [1.165, 1.54) is 12.1 Å². The molecule has 8 heteroatoms. The molecule has 1 saturated heterocycles. The summed E-state index contributed by atoms with van der Waals surface area (Å²) in [6, 6.07) is 6.13. The van der Waals surface area contributed by atoms with Gasteiger partial charge in [0.05, 0.1) is 23.9 Å². The van der Waals surface area contributed by atoms with E-state index in [1.807, 2.05) is 23.9 Å². The van der Waals surface area contributed by atoms with Crippen LogP contribution in [0.5, 0.6) is 0 Å². The molecule has 0 unspecified atom stereocenters. The molecule has 7 nitrogen and oxygen atoms in total. The minimum atomic E-state index is -0.822. The van der Waals surface area contributed by atoms with E-state index < -0.39 is 11.4 Å². The summed E-state index contributed by atoms with van der Waals surface area (Å²) < 4.78 is 15.1. The standard InChI is InChI=1S/C24H29FN4O3/c1-3-10-29-17(2)19(15-26-29)16-28-11-8-24(9-12-28,23(30)31)14-21-13-22(27-32-21)18-4-6-20(25)7-5-18/h3-7,15,21H,1,8-14,16H2,2H3,(H,30,31)/t21-/m0/s1. The Morgan fingerprint density at radius 1 is 1.34 bits per heavy atom. The predicted molar refractivity (Wildman–Crippen MR) is 119 cm³/mol. The highest BCUT2D eigenvalue weighted by Crippen LogP contribution is 2.39. The van der Waals surface area contributed by atoms with Crippen LogP contribution in [0, 0.1) is 18.2 Å². The maximum absolute atomic E-state index is 13.2. The van der Waals surface area contributed by atoms with E-state index in [2.05, 4.69) is 21.7 Å². The zero-order chi connectivity index (χ0) is 22.7. The van der Waals surface area contributed by atoms with Gasteiger partial charge in [0.2, 0.25) is 0 Å². The Kier molecular flexibility index (Phi) is 6.41. The minimum Gasteiger partial charge on any atom is -0.481 e. The van der Waals surface area contributed by atoms with Crippen LogP contribution in [0.2, 0.25) is 0 Å². The Labute approximate surface area is 187 Å². The number of piperidine rings is 1. The molecule has 1 aromatic carbocycles. The van der Waals surface area contributed by atoms with Crippen LogP contribution in [0.15, 0.2) is 48.3 Å². The molecule has 2 aromatic rings. The fraction of sp³-hybridized carbons (Fsp3) is 0.458. The second-order valence-corrected chi connectivity index (χ2v) is 8.77. The Morgan fingerprint density at radius 2 is 2.06 bits per heavy atom. The fourth-order valence-corrected chi connectivity index (χ4v) is 4.62. The van der Waals surface area contributed by atoms with Crippen LogP contribution >= 0.6 is 0 Å². The van der Waals surface area contributed by atoms with E-state index in [0.29, 0.717) is 45.3 Å². The maximum atomic E-state index is 13.2. The van der Waals surface area contributed by atoms with Gasteiger partial charge < -0.3 is 9.94 Å². The van der Waals surface area contributed by atoms with E-state index in [9.17, 15) is 14.3 Å². The molecule has 4 rings (SSSR count). The average molecular weight is 441 g/mol. The summed E-state index contributed by atoms with van der Waals surface area (Å²) in [5, 5.41) is 18.6. The number of hydrogen-bond acceptors (Lipinski definition) is 5. The van der Waals surface area contributed by atoms with Crippen LogP contribution in [0.4, 0.5) is 4.39 Å². The van der Waals surface area contributed by atoms with E-state index >= 15 is 0 Å². The first-order valence-electron chi connectivity index (χ1n) is 11.0. The van der Waals surface area contributed by atoms with Crippen LogP contribution in [0.3, 0.4) is 0 Å². The van der Waals surface area contributed by atoms with Crippen LogP contribution in [-0.4, -0.2) is 50.7 Å². The van der Waals surface area contributed by atoms with Gasteiger partial charge in [-0.15, -0.1) is 6.58 Å². The number of carboxylic acid groups (broad SMARTS) is 1. The van der Waals surface area contributed by atoms with Gasteiger partial charge in [-0.05, 0) is 50.6 Å². The molecule has 0 aliphatic carbocycles. The Hall–Kier alpha value is -3.00. The summed E-state index contributed by atoms with van der Waals surface area (Å²) in [6.45, 7) is 8.66. The lowest BCUT2D eigenvalue weighted by Crippen LogP contribution is -2.45. The number of aromatic nitrogens is 2.